The van der Waals surface area contributed by atoms with Crippen molar-refractivity contribution in [2.75, 3.05) is 32.1 Å². The number of piperidine rings is 1. The van der Waals surface area contributed by atoms with E-state index in [1.54, 1.807) is 25.1 Å². The number of nitrogens with one attached hydrogen (secondary N) is 1. The van der Waals surface area contributed by atoms with E-state index in [1.807, 2.05) is 5.01 Å². The third kappa shape index (κ3) is 3.69. The van der Waals surface area contributed by atoms with Crippen molar-refractivity contribution in [1.29, 1.82) is 0 Å². The minimum Gasteiger partial charge on any atom is -0.377 e. The Balaban J connectivity index is 2.24. The summed E-state index contributed by atoms with van der Waals surface area (Å²) in [6.45, 7) is 1.63. The molecule has 1 saturated heterocycles. The molecule has 7 nitrogen and oxygen atoms in total. The maximum absolute atomic E-state index is 12.4. The zero-order valence-electron chi connectivity index (χ0n) is 12.3. The smallest absolute Gasteiger partial charge is 0.270 e. The number of hydrazine groups is 1. The van der Waals surface area contributed by atoms with E-state index in [9.17, 15) is 14.9 Å². The van der Waals surface area contributed by atoms with Gasteiger partial charge in [0.05, 0.1) is 10.5 Å². The third-order valence-electron chi connectivity index (χ3n) is 3.53. The summed E-state index contributed by atoms with van der Waals surface area (Å²) in [5, 5.41) is 12.8. The Morgan fingerprint density at radius 1 is 1.29 bits per heavy atom. The number of hydrogen-bond acceptors (Lipinski definition) is 5. The zero-order valence-corrected chi connectivity index (χ0v) is 12.3. The lowest BCUT2D eigenvalue weighted by Gasteiger charge is -2.27. The number of amides is 1. The standard InChI is InChI=1S/C14H20N4O3/c1-16(2)13-7-6-11(18(20)21)10-12(13)14(19)15-17-8-4-3-5-9-17/h6-7,10H,3-5,8-9H2,1-2H3,(H,15,19). The molecule has 0 radical (unpaired) electrons. The minimum absolute atomic E-state index is 0.0793. The van der Waals surface area contributed by atoms with E-state index in [4.69, 9.17) is 0 Å². The molecule has 0 unspecified atom stereocenters. The second-order valence-corrected chi connectivity index (χ2v) is 5.34. The van der Waals surface area contributed by atoms with Gasteiger partial charge in [-0.05, 0) is 18.9 Å². The number of benzene rings is 1. The summed E-state index contributed by atoms with van der Waals surface area (Å²) in [5.41, 5.74) is 3.74. The normalized spacial score (nSPS) is 15.5. The molecule has 1 aliphatic rings. The lowest BCUT2D eigenvalue weighted by Crippen LogP contribution is -2.45. The summed E-state index contributed by atoms with van der Waals surface area (Å²) >= 11 is 0. The quantitative estimate of drug-likeness (QED) is 0.676. The molecule has 1 aromatic carbocycles. The highest BCUT2D eigenvalue weighted by Gasteiger charge is 2.20. The third-order valence-corrected chi connectivity index (χ3v) is 3.53. The van der Waals surface area contributed by atoms with E-state index >= 15 is 0 Å². The Morgan fingerprint density at radius 3 is 2.52 bits per heavy atom. The number of nitrogens with zero attached hydrogens (tertiary/aromatic N) is 3. The van der Waals surface area contributed by atoms with Crippen molar-refractivity contribution in [3.8, 4) is 0 Å². The molecule has 0 bridgehead atoms. The van der Waals surface area contributed by atoms with E-state index in [0.717, 1.165) is 25.9 Å². The van der Waals surface area contributed by atoms with Crippen molar-refractivity contribution < 1.29 is 9.72 Å². The van der Waals surface area contributed by atoms with E-state index in [-0.39, 0.29) is 11.6 Å². The molecule has 1 aliphatic heterocycles. The number of nitro benzene ring substituents is 1. The lowest BCUT2D eigenvalue weighted by atomic mass is 10.1. The maximum atomic E-state index is 12.4. The van der Waals surface area contributed by atoms with Crippen LogP contribution in [0.1, 0.15) is 29.6 Å². The molecule has 114 valence electrons. The van der Waals surface area contributed by atoms with Crippen molar-refractivity contribution in [1.82, 2.24) is 10.4 Å². The Morgan fingerprint density at radius 2 is 1.95 bits per heavy atom. The van der Waals surface area contributed by atoms with Crippen LogP contribution in [0.3, 0.4) is 0 Å². The highest BCUT2D eigenvalue weighted by Crippen LogP contribution is 2.24. The SMILES string of the molecule is CN(C)c1ccc([N+](=O)[O-])cc1C(=O)NN1CCCCC1. The first-order chi connectivity index (χ1) is 9.99. The number of carbonyl (C=O) groups excluding carboxylic acids is 1. The molecule has 1 aromatic rings. The number of carbonyl (C=O) groups is 1. The number of rotatable bonds is 4. The van der Waals surface area contributed by atoms with Crippen molar-refractivity contribution in [2.45, 2.75) is 19.3 Å². The predicted octanol–water partition coefficient (Wildman–Crippen LogP) is 1.79. The average Bonchev–Trinajstić information content (AvgIpc) is 2.47. The Bertz CT molecular complexity index is 539. The van der Waals surface area contributed by atoms with Crippen LogP contribution in [0.4, 0.5) is 11.4 Å². The summed E-state index contributed by atoms with van der Waals surface area (Å²) in [6.07, 6.45) is 3.28. The molecular formula is C14H20N4O3. The average molecular weight is 292 g/mol. The molecule has 2 rings (SSSR count). The van der Waals surface area contributed by atoms with Crippen LogP contribution < -0.4 is 10.3 Å². The monoisotopic (exact) mass is 292 g/mol. The molecule has 1 amide bonds. The van der Waals surface area contributed by atoms with Crippen LogP contribution in [-0.4, -0.2) is 43.0 Å². The molecule has 1 fully saturated rings. The van der Waals surface area contributed by atoms with Gasteiger partial charge in [0.15, 0.2) is 0 Å². The topological polar surface area (TPSA) is 78.7 Å². The van der Waals surface area contributed by atoms with Gasteiger partial charge in [-0.2, -0.15) is 0 Å². The second-order valence-electron chi connectivity index (χ2n) is 5.34. The Kier molecular flexibility index (Phi) is 4.74. The van der Waals surface area contributed by atoms with E-state index in [1.165, 1.54) is 18.6 Å². The number of hydrogen-bond donors (Lipinski definition) is 1. The molecule has 7 heteroatoms. The molecule has 0 saturated carbocycles. The van der Waals surface area contributed by atoms with Gasteiger partial charge in [0.25, 0.3) is 11.6 Å². The maximum Gasteiger partial charge on any atom is 0.270 e. The van der Waals surface area contributed by atoms with Gasteiger partial charge in [0.2, 0.25) is 0 Å². The Hall–Kier alpha value is -2.15. The molecule has 1 heterocycles. The highest BCUT2D eigenvalue weighted by molar-refractivity contribution is 6.00. The molecular weight excluding hydrogens is 272 g/mol. The summed E-state index contributed by atoms with van der Waals surface area (Å²) in [6, 6.07) is 4.34. The summed E-state index contributed by atoms with van der Waals surface area (Å²) in [7, 11) is 3.61. The van der Waals surface area contributed by atoms with Crippen molar-refractivity contribution >= 4 is 17.3 Å². The highest BCUT2D eigenvalue weighted by atomic mass is 16.6. The van der Waals surface area contributed by atoms with Gasteiger partial charge in [-0.1, -0.05) is 6.42 Å². The Labute approximate surface area is 123 Å². The molecule has 21 heavy (non-hydrogen) atoms. The van der Waals surface area contributed by atoms with Gasteiger partial charge in [0, 0.05) is 45.0 Å². The second kappa shape index (κ2) is 6.53. The van der Waals surface area contributed by atoms with Gasteiger partial charge in [-0.25, -0.2) is 5.01 Å². The summed E-state index contributed by atoms with van der Waals surface area (Å²) in [5.74, 6) is -0.302. The number of non-ortho nitro benzene ring substituents is 1. The summed E-state index contributed by atoms with van der Waals surface area (Å²) in [4.78, 5) is 24.6. The van der Waals surface area contributed by atoms with Crippen molar-refractivity contribution in [2.24, 2.45) is 0 Å². The molecule has 0 aromatic heterocycles. The van der Waals surface area contributed by atoms with Crippen molar-refractivity contribution in [3.63, 3.8) is 0 Å². The van der Waals surface area contributed by atoms with Gasteiger partial charge < -0.3 is 4.90 Å². The zero-order chi connectivity index (χ0) is 15.4. The van der Waals surface area contributed by atoms with Gasteiger partial charge in [-0.15, -0.1) is 0 Å². The molecule has 0 spiro atoms. The van der Waals surface area contributed by atoms with Crippen molar-refractivity contribution in [3.05, 3.63) is 33.9 Å². The first-order valence-electron chi connectivity index (χ1n) is 7.01. The number of nitro groups is 1. The predicted molar refractivity (Wildman–Crippen MR) is 80.3 cm³/mol. The molecule has 0 aliphatic carbocycles. The fourth-order valence-electron chi connectivity index (χ4n) is 2.42. The molecule has 0 atom stereocenters. The van der Waals surface area contributed by atoms with E-state index in [2.05, 4.69) is 5.43 Å². The van der Waals surface area contributed by atoms with Gasteiger partial charge >= 0.3 is 0 Å². The fourth-order valence-corrected chi connectivity index (χ4v) is 2.42. The van der Waals surface area contributed by atoms with Gasteiger partial charge in [0.1, 0.15) is 0 Å². The first-order valence-corrected chi connectivity index (χ1v) is 7.01. The van der Waals surface area contributed by atoms with E-state index < -0.39 is 4.92 Å². The van der Waals surface area contributed by atoms with Crippen LogP contribution in [0.2, 0.25) is 0 Å². The number of anilines is 1. The largest absolute Gasteiger partial charge is 0.377 e. The summed E-state index contributed by atoms with van der Waals surface area (Å²) < 4.78 is 0. The first kappa shape index (κ1) is 15.2. The van der Waals surface area contributed by atoms with Crippen LogP contribution in [0.15, 0.2) is 18.2 Å². The van der Waals surface area contributed by atoms with Gasteiger partial charge in [-0.3, -0.25) is 20.3 Å². The van der Waals surface area contributed by atoms with Crippen LogP contribution in [0.5, 0.6) is 0 Å². The van der Waals surface area contributed by atoms with Crippen LogP contribution in [0, 0.1) is 10.1 Å². The van der Waals surface area contributed by atoms with Crippen LogP contribution in [-0.2, 0) is 0 Å². The lowest BCUT2D eigenvalue weighted by molar-refractivity contribution is -0.384. The van der Waals surface area contributed by atoms with Crippen LogP contribution in [0.25, 0.3) is 0 Å². The minimum atomic E-state index is -0.489. The van der Waals surface area contributed by atoms with Crippen LogP contribution >= 0.6 is 0 Å². The fraction of sp³-hybridized carbons (Fsp3) is 0.500. The molecule has 1 N–H and O–H groups in total. The van der Waals surface area contributed by atoms with E-state index in [0.29, 0.717) is 11.3 Å².